The van der Waals surface area contributed by atoms with Gasteiger partial charge in [-0.15, -0.1) is 11.3 Å². The Bertz CT molecular complexity index is 565. The maximum Gasteiger partial charge on any atom is 0.122 e. The minimum Gasteiger partial charge on any atom is -0.488 e. The summed E-state index contributed by atoms with van der Waals surface area (Å²) in [7, 11) is 0. The van der Waals surface area contributed by atoms with Crippen LogP contribution in [0.15, 0.2) is 30.3 Å². The highest BCUT2D eigenvalue weighted by Crippen LogP contribution is 2.23. The standard InChI is InChI=1S/C16H20ClNOS/c1-11(2)18-9-14-5-6-15(20-14)10-19-13-4-7-16(17)12(3)8-13/h4-8,11,18H,9-10H2,1-3H3. The zero-order chi connectivity index (χ0) is 14.5. The molecule has 0 aliphatic heterocycles. The van der Waals surface area contributed by atoms with Gasteiger partial charge in [0.25, 0.3) is 0 Å². The summed E-state index contributed by atoms with van der Waals surface area (Å²) >= 11 is 7.79. The van der Waals surface area contributed by atoms with E-state index in [0.29, 0.717) is 12.6 Å². The lowest BCUT2D eigenvalue weighted by Crippen LogP contribution is -2.21. The molecule has 20 heavy (non-hydrogen) atoms. The predicted octanol–water partition coefficient (Wildman–Crippen LogP) is 4.79. The molecule has 1 aromatic heterocycles. The number of hydrogen-bond donors (Lipinski definition) is 1. The lowest BCUT2D eigenvalue weighted by Gasteiger charge is -2.07. The van der Waals surface area contributed by atoms with Gasteiger partial charge in [-0.05, 0) is 42.8 Å². The van der Waals surface area contributed by atoms with Crippen LogP contribution in [-0.2, 0) is 13.2 Å². The van der Waals surface area contributed by atoms with E-state index in [1.54, 1.807) is 11.3 Å². The van der Waals surface area contributed by atoms with E-state index in [4.69, 9.17) is 16.3 Å². The van der Waals surface area contributed by atoms with Crippen molar-refractivity contribution < 1.29 is 4.74 Å². The van der Waals surface area contributed by atoms with Crippen molar-refractivity contribution in [2.75, 3.05) is 0 Å². The largest absolute Gasteiger partial charge is 0.488 e. The highest BCUT2D eigenvalue weighted by molar-refractivity contribution is 7.11. The summed E-state index contributed by atoms with van der Waals surface area (Å²) in [4.78, 5) is 2.57. The van der Waals surface area contributed by atoms with E-state index in [1.165, 1.54) is 9.75 Å². The van der Waals surface area contributed by atoms with E-state index in [-0.39, 0.29) is 0 Å². The van der Waals surface area contributed by atoms with Crippen LogP contribution < -0.4 is 10.1 Å². The molecule has 0 radical (unpaired) electrons. The van der Waals surface area contributed by atoms with Crippen LogP contribution in [-0.4, -0.2) is 6.04 Å². The molecule has 0 saturated carbocycles. The van der Waals surface area contributed by atoms with Crippen molar-refractivity contribution >= 4 is 22.9 Å². The van der Waals surface area contributed by atoms with Crippen molar-refractivity contribution in [2.24, 2.45) is 0 Å². The first-order chi connectivity index (χ1) is 9.54. The smallest absolute Gasteiger partial charge is 0.122 e. The SMILES string of the molecule is Cc1cc(OCc2ccc(CNC(C)C)s2)ccc1Cl. The molecule has 4 heteroatoms. The van der Waals surface area contributed by atoms with Gasteiger partial charge in [0.15, 0.2) is 0 Å². The average molecular weight is 310 g/mol. The molecule has 0 saturated heterocycles. The van der Waals surface area contributed by atoms with Crippen LogP contribution >= 0.6 is 22.9 Å². The zero-order valence-electron chi connectivity index (χ0n) is 12.1. The highest BCUT2D eigenvalue weighted by Gasteiger charge is 2.03. The van der Waals surface area contributed by atoms with Crippen molar-refractivity contribution in [3.63, 3.8) is 0 Å². The number of benzene rings is 1. The fourth-order valence-corrected chi connectivity index (χ4v) is 2.76. The number of halogens is 1. The molecule has 0 aliphatic rings. The molecule has 0 fully saturated rings. The third-order valence-corrected chi connectivity index (χ3v) is 4.40. The summed E-state index contributed by atoms with van der Waals surface area (Å²) in [5.41, 5.74) is 1.04. The number of hydrogen-bond acceptors (Lipinski definition) is 3. The molecule has 0 aliphatic carbocycles. The Morgan fingerprint density at radius 3 is 2.65 bits per heavy atom. The van der Waals surface area contributed by atoms with Crippen LogP contribution in [0.4, 0.5) is 0 Å². The first-order valence-corrected chi connectivity index (χ1v) is 7.94. The van der Waals surface area contributed by atoms with Crippen molar-refractivity contribution in [3.8, 4) is 5.75 Å². The Hall–Kier alpha value is -1.03. The molecule has 0 unspecified atom stereocenters. The second-order valence-corrected chi connectivity index (χ2v) is 6.76. The van der Waals surface area contributed by atoms with Gasteiger partial charge in [-0.25, -0.2) is 0 Å². The third-order valence-electron chi connectivity index (χ3n) is 2.91. The molecule has 0 spiro atoms. The fraction of sp³-hybridized carbons (Fsp3) is 0.375. The van der Waals surface area contributed by atoms with E-state index in [0.717, 1.165) is 22.9 Å². The van der Waals surface area contributed by atoms with Gasteiger partial charge in [0.1, 0.15) is 12.4 Å². The Morgan fingerprint density at radius 2 is 1.95 bits per heavy atom. The van der Waals surface area contributed by atoms with E-state index >= 15 is 0 Å². The summed E-state index contributed by atoms with van der Waals surface area (Å²) in [5.74, 6) is 0.863. The van der Waals surface area contributed by atoms with Gasteiger partial charge >= 0.3 is 0 Å². The lowest BCUT2D eigenvalue weighted by atomic mass is 10.2. The first-order valence-electron chi connectivity index (χ1n) is 6.74. The van der Waals surface area contributed by atoms with E-state index < -0.39 is 0 Å². The van der Waals surface area contributed by atoms with Crippen molar-refractivity contribution in [1.82, 2.24) is 5.32 Å². The quantitative estimate of drug-likeness (QED) is 0.828. The molecule has 2 nitrogen and oxygen atoms in total. The molecule has 0 amide bonds. The summed E-state index contributed by atoms with van der Waals surface area (Å²) in [5, 5.41) is 4.19. The van der Waals surface area contributed by atoms with Gasteiger partial charge in [0.2, 0.25) is 0 Å². The van der Waals surface area contributed by atoms with Crippen LogP contribution in [0.25, 0.3) is 0 Å². The van der Waals surface area contributed by atoms with Gasteiger partial charge in [0, 0.05) is 27.4 Å². The van der Waals surface area contributed by atoms with Gasteiger partial charge < -0.3 is 10.1 Å². The Balaban J connectivity index is 1.89. The average Bonchev–Trinajstić information content (AvgIpc) is 2.86. The van der Waals surface area contributed by atoms with Gasteiger partial charge in [-0.2, -0.15) is 0 Å². The summed E-state index contributed by atoms with van der Waals surface area (Å²) < 4.78 is 5.80. The number of nitrogens with one attached hydrogen (secondary N) is 1. The number of aryl methyl sites for hydroxylation is 1. The molecule has 108 valence electrons. The second kappa shape index (κ2) is 7.11. The molecule has 1 N–H and O–H groups in total. The maximum absolute atomic E-state index is 6.00. The molecule has 2 aromatic rings. The monoisotopic (exact) mass is 309 g/mol. The van der Waals surface area contributed by atoms with Crippen molar-refractivity contribution in [1.29, 1.82) is 0 Å². The molecule has 0 bridgehead atoms. The lowest BCUT2D eigenvalue weighted by molar-refractivity contribution is 0.309. The Morgan fingerprint density at radius 1 is 1.20 bits per heavy atom. The van der Waals surface area contributed by atoms with Crippen LogP contribution in [0, 0.1) is 6.92 Å². The minimum absolute atomic E-state index is 0.508. The molecule has 1 heterocycles. The van der Waals surface area contributed by atoms with Crippen molar-refractivity contribution in [2.45, 2.75) is 40.0 Å². The molecule has 0 atom stereocenters. The summed E-state index contributed by atoms with van der Waals surface area (Å²) in [6.45, 7) is 7.81. The number of thiophene rings is 1. The number of rotatable bonds is 6. The third kappa shape index (κ3) is 4.51. The van der Waals surface area contributed by atoms with E-state index in [1.807, 2.05) is 25.1 Å². The number of ether oxygens (including phenoxy) is 1. The summed E-state index contributed by atoms with van der Waals surface area (Å²) in [6.07, 6.45) is 0. The second-order valence-electron chi connectivity index (χ2n) is 5.10. The Labute approximate surface area is 129 Å². The minimum atomic E-state index is 0.508. The van der Waals surface area contributed by atoms with Crippen LogP contribution in [0.5, 0.6) is 5.75 Å². The maximum atomic E-state index is 6.00. The van der Waals surface area contributed by atoms with Crippen LogP contribution in [0.1, 0.15) is 29.2 Å². The fourth-order valence-electron chi connectivity index (χ4n) is 1.76. The van der Waals surface area contributed by atoms with E-state index in [2.05, 4.69) is 31.3 Å². The van der Waals surface area contributed by atoms with Crippen LogP contribution in [0.2, 0.25) is 5.02 Å². The highest BCUT2D eigenvalue weighted by atomic mass is 35.5. The molecule has 1 aromatic carbocycles. The van der Waals surface area contributed by atoms with E-state index in [9.17, 15) is 0 Å². The summed E-state index contributed by atoms with van der Waals surface area (Å²) in [6, 6.07) is 10.5. The molecule has 2 rings (SSSR count). The topological polar surface area (TPSA) is 21.3 Å². The van der Waals surface area contributed by atoms with Gasteiger partial charge in [0.05, 0.1) is 0 Å². The zero-order valence-corrected chi connectivity index (χ0v) is 13.6. The predicted molar refractivity (Wildman–Crippen MR) is 86.8 cm³/mol. The van der Waals surface area contributed by atoms with Gasteiger partial charge in [-0.1, -0.05) is 25.4 Å². The normalized spacial score (nSPS) is 11.1. The van der Waals surface area contributed by atoms with Gasteiger partial charge in [-0.3, -0.25) is 0 Å². The molecular formula is C16H20ClNOS. The first kappa shape index (κ1) is 15.4. The van der Waals surface area contributed by atoms with Crippen molar-refractivity contribution in [3.05, 3.63) is 50.7 Å². The van der Waals surface area contributed by atoms with Crippen LogP contribution in [0.3, 0.4) is 0 Å². The Kier molecular flexibility index (Phi) is 5.46. The molecular weight excluding hydrogens is 290 g/mol.